The Labute approximate surface area is 165 Å². The summed E-state index contributed by atoms with van der Waals surface area (Å²) in [4.78, 5) is 36.3. The van der Waals surface area contributed by atoms with Crippen LogP contribution in [0.3, 0.4) is 0 Å². The van der Waals surface area contributed by atoms with Gasteiger partial charge in [0.1, 0.15) is 0 Å². The standard InChI is InChI=1S/C23H26N2O3/c1-15-3-11-20(12-4-15)24-22(27)18-5-7-19(8-6-18)23(28)25-21-13-9-17(10-14-21)16(2)26/h3-4,9-14,18-19H,5-8H2,1-2H3,(H,24,27)(H,25,28). The lowest BCUT2D eigenvalue weighted by molar-refractivity contribution is -0.125. The Morgan fingerprint density at radius 2 is 1.11 bits per heavy atom. The molecule has 0 radical (unpaired) electrons. The number of rotatable bonds is 5. The van der Waals surface area contributed by atoms with Gasteiger partial charge in [-0.05, 0) is 75.9 Å². The maximum Gasteiger partial charge on any atom is 0.227 e. The summed E-state index contributed by atoms with van der Waals surface area (Å²) in [5.74, 6) is -0.133. The zero-order valence-corrected chi connectivity index (χ0v) is 16.3. The Kier molecular flexibility index (Phi) is 6.24. The fourth-order valence-corrected chi connectivity index (χ4v) is 3.53. The third-order valence-electron chi connectivity index (χ3n) is 5.35. The van der Waals surface area contributed by atoms with Gasteiger partial charge in [-0.15, -0.1) is 0 Å². The molecule has 2 aromatic rings. The molecule has 2 amide bonds. The minimum Gasteiger partial charge on any atom is -0.326 e. The maximum absolute atomic E-state index is 12.5. The number of anilines is 2. The molecule has 1 fully saturated rings. The van der Waals surface area contributed by atoms with Crippen LogP contribution in [-0.2, 0) is 9.59 Å². The average molecular weight is 378 g/mol. The van der Waals surface area contributed by atoms with Crippen LogP contribution in [0.15, 0.2) is 48.5 Å². The number of hydrogen-bond donors (Lipinski definition) is 2. The summed E-state index contributed by atoms with van der Waals surface area (Å²) in [6.07, 6.45) is 2.81. The molecule has 1 aliphatic carbocycles. The summed E-state index contributed by atoms with van der Waals surface area (Å²) in [6, 6.07) is 14.7. The molecule has 5 nitrogen and oxygen atoms in total. The van der Waals surface area contributed by atoms with Gasteiger partial charge < -0.3 is 10.6 Å². The molecule has 0 heterocycles. The lowest BCUT2D eigenvalue weighted by Gasteiger charge is -2.27. The van der Waals surface area contributed by atoms with Gasteiger partial charge in [0.05, 0.1) is 0 Å². The molecule has 0 aliphatic heterocycles. The number of ketones is 1. The van der Waals surface area contributed by atoms with Crippen LogP contribution in [0.4, 0.5) is 11.4 Å². The second kappa shape index (κ2) is 8.83. The van der Waals surface area contributed by atoms with Crippen molar-refractivity contribution in [3.8, 4) is 0 Å². The van der Waals surface area contributed by atoms with Gasteiger partial charge in [0.15, 0.2) is 5.78 Å². The smallest absolute Gasteiger partial charge is 0.227 e. The number of aryl methyl sites for hydroxylation is 1. The van der Waals surface area contributed by atoms with Gasteiger partial charge in [0, 0.05) is 28.8 Å². The fourth-order valence-electron chi connectivity index (χ4n) is 3.53. The van der Waals surface area contributed by atoms with E-state index in [1.54, 1.807) is 24.3 Å². The van der Waals surface area contributed by atoms with Crippen LogP contribution in [0.5, 0.6) is 0 Å². The minimum absolute atomic E-state index is 0.000104. The number of Topliss-reactive ketones (excluding diaryl/α,β-unsaturated/α-hetero) is 1. The van der Waals surface area contributed by atoms with Gasteiger partial charge >= 0.3 is 0 Å². The first kappa shape index (κ1) is 19.8. The predicted molar refractivity (Wildman–Crippen MR) is 110 cm³/mol. The molecule has 5 heteroatoms. The zero-order chi connectivity index (χ0) is 20.1. The Balaban J connectivity index is 1.48. The molecule has 3 rings (SSSR count). The van der Waals surface area contributed by atoms with Gasteiger partial charge in [-0.1, -0.05) is 17.7 Å². The normalized spacial score (nSPS) is 18.9. The highest BCUT2D eigenvalue weighted by atomic mass is 16.2. The van der Waals surface area contributed by atoms with E-state index in [0.717, 1.165) is 11.3 Å². The first-order chi connectivity index (χ1) is 13.4. The molecular formula is C23H26N2O3. The molecule has 28 heavy (non-hydrogen) atoms. The van der Waals surface area contributed by atoms with Crippen molar-refractivity contribution in [2.75, 3.05) is 10.6 Å². The Bertz CT molecular complexity index is 848. The molecule has 0 atom stereocenters. The summed E-state index contributed by atoms with van der Waals surface area (Å²) in [5, 5.41) is 5.89. The number of nitrogens with one attached hydrogen (secondary N) is 2. The van der Waals surface area contributed by atoms with Gasteiger partial charge in [-0.25, -0.2) is 0 Å². The molecule has 1 aliphatic rings. The van der Waals surface area contributed by atoms with Crippen molar-refractivity contribution in [2.24, 2.45) is 11.8 Å². The summed E-state index contributed by atoms with van der Waals surface area (Å²) >= 11 is 0. The van der Waals surface area contributed by atoms with Crippen molar-refractivity contribution in [1.29, 1.82) is 0 Å². The fraction of sp³-hybridized carbons (Fsp3) is 0.348. The van der Waals surface area contributed by atoms with Crippen LogP contribution < -0.4 is 10.6 Å². The highest BCUT2D eigenvalue weighted by Gasteiger charge is 2.30. The van der Waals surface area contributed by atoms with Crippen molar-refractivity contribution >= 4 is 29.0 Å². The lowest BCUT2D eigenvalue weighted by atomic mass is 9.81. The molecule has 0 saturated heterocycles. The van der Waals surface area contributed by atoms with Crippen molar-refractivity contribution < 1.29 is 14.4 Å². The monoisotopic (exact) mass is 378 g/mol. The van der Waals surface area contributed by atoms with Crippen molar-refractivity contribution in [2.45, 2.75) is 39.5 Å². The summed E-state index contributed by atoms with van der Waals surface area (Å²) in [5.41, 5.74) is 3.28. The van der Waals surface area contributed by atoms with Crippen LogP contribution in [0.2, 0.25) is 0 Å². The summed E-state index contributed by atoms with van der Waals surface area (Å²) in [6.45, 7) is 3.52. The highest BCUT2D eigenvalue weighted by molar-refractivity contribution is 5.96. The Hall–Kier alpha value is -2.95. The van der Waals surface area contributed by atoms with E-state index in [9.17, 15) is 14.4 Å². The van der Waals surface area contributed by atoms with Gasteiger partial charge in [0.2, 0.25) is 11.8 Å². The quantitative estimate of drug-likeness (QED) is 0.748. The Morgan fingerprint density at radius 1 is 0.714 bits per heavy atom. The van der Waals surface area contributed by atoms with E-state index in [1.165, 1.54) is 6.92 Å². The third kappa shape index (κ3) is 5.06. The molecule has 0 bridgehead atoms. The molecule has 0 aromatic heterocycles. The van der Waals surface area contributed by atoms with Crippen LogP contribution in [0, 0.1) is 18.8 Å². The molecule has 146 valence electrons. The number of benzene rings is 2. The van der Waals surface area contributed by atoms with E-state index in [2.05, 4.69) is 10.6 Å². The predicted octanol–water partition coefficient (Wildman–Crippen LogP) is 4.58. The van der Waals surface area contributed by atoms with E-state index < -0.39 is 0 Å². The SMILES string of the molecule is CC(=O)c1ccc(NC(=O)C2CCC(C(=O)Nc3ccc(C)cc3)CC2)cc1. The van der Waals surface area contributed by atoms with Crippen molar-refractivity contribution in [1.82, 2.24) is 0 Å². The first-order valence-corrected chi connectivity index (χ1v) is 9.72. The molecule has 0 unspecified atom stereocenters. The molecule has 1 saturated carbocycles. The number of amides is 2. The Morgan fingerprint density at radius 3 is 1.50 bits per heavy atom. The molecule has 2 N–H and O–H groups in total. The summed E-state index contributed by atoms with van der Waals surface area (Å²) in [7, 11) is 0. The van der Waals surface area contributed by atoms with Crippen LogP contribution >= 0.6 is 0 Å². The second-order valence-electron chi connectivity index (χ2n) is 7.53. The van der Waals surface area contributed by atoms with Crippen molar-refractivity contribution in [3.05, 3.63) is 59.7 Å². The lowest BCUT2D eigenvalue weighted by Crippen LogP contribution is -2.32. The van der Waals surface area contributed by atoms with Crippen LogP contribution in [0.1, 0.15) is 48.5 Å². The molecular weight excluding hydrogens is 352 g/mol. The maximum atomic E-state index is 12.5. The number of carbonyl (C=O) groups excluding carboxylic acids is 3. The molecule has 0 spiro atoms. The van der Waals surface area contributed by atoms with Gasteiger partial charge in [-0.3, -0.25) is 14.4 Å². The minimum atomic E-state index is -0.0871. The van der Waals surface area contributed by atoms with E-state index >= 15 is 0 Å². The van der Waals surface area contributed by atoms with Crippen molar-refractivity contribution in [3.63, 3.8) is 0 Å². The van der Waals surface area contributed by atoms with E-state index in [4.69, 9.17) is 0 Å². The summed E-state index contributed by atoms with van der Waals surface area (Å²) < 4.78 is 0. The van der Waals surface area contributed by atoms with Gasteiger partial charge in [-0.2, -0.15) is 0 Å². The number of hydrogen-bond acceptors (Lipinski definition) is 3. The van der Waals surface area contributed by atoms with Crippen LogP contribution in [0.25, 0.3) is 0 Å². The largest absolute Gasteiger partial charge is 0.326 e. The van der Waals surface area contributed by atoms with E-state index in [0.29, 0.717) is 36.9 Å². The highest BCUT2D eigenvalue weighted by Crippen LogP contribution is 2.30. The zero-order valence-electron chi connectivity index (χ0n) is 16.3. The van der Waals surface area contributed by atoms with E-state index in [-0.39, 0.29) is 29.4 Å². The first-order valence-electron chi connectivity index (χ1n) is 9.72. The third-order valence-corrected chi connectivity index (χ3v) is 5.35. The molecule has 2 aromatic carbocycles. The van der Waals surface area contributed by atoms with E-state index in [1.807, 2.05) is 31.2 Å². The topological polar surface area (TPSA) is 75.3 Å². The number of carbonyl (C=O) groups is 3. The van der Waals surface area contributed by atoms with Gasteiger partial charge in [0.25, 0.3) is 0 Å². The van der Waals surface area contributed by atoms with Crippen LogP contribution in [-0.4, -0.2) is 17.6 Å². The average Bonchev–Trinajstić information content (AvgIpc) is 2.70. The second-order valence-corrected chi connectivity index (χ2v) is 7.53.